The van der Waals surface area contributed by atoms with Crippen LogP contribution in [0.2, 0.25) is 0 Å². The minimum absolute atomic E-state index is 0.0665. The van der Waals surface area contributed by atoms with Crippen molar-refractivity contribution in [3.8, 4) is 0 Å². The number of anilines is 2. The molecule has 2 rings (SSSR count). The topological polar surface area (TPSA) is 118 Å². The number of aromatic nitrogens is 2. The summed E-state index contributed by atoms with van der Waals surface area (Å²) in [5.41, 5.74) is 0.855. The van der Waals surface area contributed by atoms with Crippen molar-refractivity contribution >= 4 is 34.9 Å². The standard InChI is InChI=1S/C13H12N4O4S/c1-22-13-14-7-10(17(20)21)12(16-13)15-9-4-2-3-8(5-9)6-11(18)19/h2-5,7H,6H2,1H3,(H,18,19)(H,14,15,16). The number of hydrogen-bond acceptors (Lipinski definition) is 7. The third kappa shape index (κ3) is 3.92. The van der Waals surface area contributed by atoms with Crippen LogP contribution in [0, 0.1) is 10.1 Å². The van der Waals surface area contributed by atoms with Crippen LogP contribution in [0.15, 0.2) is 35.6 Å². The molecule has 2 aromatic rings. The zero-order valence-corrected chi connectivity index (χ0v) is 12.3. The molecule has 0 fully saturated rings. The molecule has 8 nitrogen and oxygen atoms in total. The van der Waals surface area contributed by atoms with Gasteiger partial charge in [0.1, 0.15) is 6.20 Å². The van der Waals surface area contributed by atoms with Crippen LogP contribution in [0.4, 0.5) is 17.2 Å². The lowest BCUT2D eigenvalue weighted by atomic mass is 10.1. The second-order valence-corrected chi connectivity index (χ2v) is 5.02. The summed E-state index contributed by atoms with van der Waals surface area (Å²) in [7, 11) is 0. The van der Waals surface area contributed by atoms with Crippen molar-refractivity contribution in [2.45, 2.75) is 11.6 Å². The van der Waals surface area contributed by atoms with Crippen molar-refractivity contribution < 1.29 is 14.8 Å². The molecule has 1 aromatic heterocycles. The summed E-state index contributed by atoms with van der Waals surface area (Å²) in [5, 5.41) is 23.1. The number of hydrogen-bond donors (Lipinski definition) is 2. The Morgan fingerprint density at radius 3 is 2.91 bits per heavy atom. The van der Waals surface area contributed by atoms with Gasteiger partial charge in [0.25, 0.3) is 0 Å². The summed E-state index contributed by atoms with van der Waals surface area (Å²) < 4.78 is 0. The number of carboxylic acids is 1. The van der Waals surface area contributed by atoms with E-state index in [-0.39, 0.29) is 17.9 Å². The minimum Gasteiger partial charge on any atom is -0.481 e. The van der Waals surface area contributed by atoms with E-state index >= 15 is 0 Å². The molecule has 0 atom stereocenters. The number of benzene rings is 1. The Balaban J connectivity index is 2.33. The van der Waals surface area contributed by atoms with E-state index in [4.69, 9.17) is 5.11 Å². The average Bonchev–Trinajstić information content (AvgIpc) is 2.46. The number of nitro groups is 1. The van der Waals surface area contributed by atoms with Crippen molar-refractivity contribution in [3.63, 3.8) is 0 Å². The minimum atomic E-state index is -0.949. The molecule has 114 valence electrons. The lowest BCUT2D eigenvalue weighted by Gasteiger charge is -2.08. The Morgan fingerprint density at radius 1 is 1.50 bits per heavy atom. The van der Waals surface area contributed by atoms with Gasteiger partial charge in [0, 0.05) is 5.69 Å². The lowest BCUT2D eigenvalue weighted by molar-refractivity contribution is -0.384. The molecule has 0 aliphatic carbocycles. The highest BCUT2D eigenvalue weighted by molar-refractivity contribution is 7.98. The summed E-state index contributed by atoms with van der Waals surface area (Å²) in [6.45, 7) is 0. The molecule has 9 heteroatoms. The molecule has 0 radical (unpaired) electrons. The Hall–Kier alpha value is -2.68. The van der Waals surface area contributed by atoms with E-state index in [2.05, 4.69) is 15.3 Å². The van der Waals surface area contributed by atoms with Crippen molar-refractivity contribution in [1.29, 1.82) is 0 Å². The van der Waals surface area contributed by atoms with Gasteiger partial charge in [-0.3, -0.25) is 14.9 Å². The van der Waals surface area contributed by atoms with Crippen LogP contribution in [-0.2, 0) is 11.2 Å². The normalized spacial score (nSPS) is 10.2. The zero-order valence-electron chi connectivity index (χ0n) is 11.5. The molecule has 0 bridgehead atoms. The smallest absolute Gasteiger partial charge is 0.329 e. The van der Waals surface area contributed by atoms with Crippen molar-refractivity contribution in [1.82, 2.24) is 9.97 Å². The number of carbonyl (C=O) groups is 1. The van der Waals surface area contributed by atoms with Gasteiger partial charge in [0.2, 0.25) is 5.82 Å². The molecular weight excluding hydrogens is 308 g/mol. The molecule has 2 N–H and O–H groups in total. The van der Waals surface area contributed by atoms with Crippen LogP contribution in [0.5, 0.6) is 0 Å². The Bertz CT molecular complexity index is 723. The Labute approximate surface area is 129 Å². The third-order valence-electron chi connectivity index (χ3n) is 2.67. The molecule has 1 heterocycles. The summed E-state index contributed by atoms with van der Waals surface area (Å²) >= 11 is 1.26. The quantitative estimate of drug-likeness (QED) is 0.360. The summed E-state index contributed by atoms with van der Waals surface area (Å²) in [6.07, 6.45) is 2.78. The number of carboxylic acid groups (broad SMARTS) is 1. The first-order valence-corrected chi connectivity index (χ1v) is 7.35. The van der Waals surface area contributed by atoms with Crippen LogP contribution in [0.3, 0.4) is 0 Å². The number of nitrogens with zero attached hydrogens (tertiary/aromatic N) is 3. The average molecular weight is 320 g/mol. The third-order valence-corrected chi connectivity index (χ3v) is 3.23. The van der Waals surface area contributed by atoms with E-state index in [1.165, 1.54) is 11.8 Å². The van der Waals surface area contributed by atoms with E-state index in [0.717, 1.165) is 6.20 Å². The molecule has 0 amide bonds. The highest BCUT2D eigenvalue weighted by Crippen LogP contribution is 2.26. The number of rotatable bonds is 6. The van der Waals surface area contributed by atoms with Crippen molar-refractivity contribution in [3.05, 3.63) is 46.1 Å². The van der Waals surface area contributed by atoms with Gasteiger partial charge in [0.05, 0.1) is 11.3 Å². The maximum atomic E-state index is 11.0. The van der Waals surface area contributed by atoms with Gasteiger partial charge in [-0.25, -0.2) is 4.98 Å². The van der Waals surface area contributed by atoms with Gasteiger partial charge in [-0.2, -0.15) is 4.98 Å². The monoisotopic (exact) mass is 320 g/mol. The number of nitrogens with one attached hydrogen (secondary N) is 1. The van der Waals surface area contributed by atoms with E-state index in [1.807, 2.05) is 0 Å². The molecule has 0 aliphatic rings. The van der Waals surface area contributed by atoms with Gasteiger partial charge in [-0.05, 0) is 24.0 Å². The molecule has 22 heavy (non-hydrogen) atoms. The molecule has 0 spiro atoms. The zero-order chi connectivity index (χ0) is 16.1. The summed E-state index contributed by atoms with van der Waals surface area (Å²) in [5.74, 6) is -0.883. The van der Waals surface area contributed by atoms with Crippen LogP contribution >= 0.6 is 11.8 Å². The first-order chi connectivity index (χ1) is 10.5. The summed E-state index contributed by atoms with van der Waals surface area (Å²) in [6, 6.07) is 6.62. The predicted octanol–water partition coefficient (Wildman–Crippen LogP) is 2.48. The van der Waals surface area contributed by atoms with E-state index < -0.39 is 10.9 Å². The SMILES string of the molecule is CSc1ncc([N+](=O)[O-])c(Nc2cccc(CC(=O)O)c2)n1. The Kier molecular flexibility index (Phi) is 4.89. The highest BCUT2D eigenvalue weighted by Gasteiger charge is 2.17. The Morgan fingerprint density at radius 2 is 2.27 bits per heavy atom. The van der Waals surface area contributed by atoms with Gasteiger partial charge >= 0.3 is 11.7 Å². The van der Waals surface area contributed by atoms with Crippen molar-refractivity contribution in [2.24, 2.45) is 0 Å². The number of aliphatic carboxylic acids is 1. The summed E-state index contributed by atoms with van der Waals surface area (Å²) in [4.78, 5) is 29.1. The van der Waals surface area contributed by atoms with Crippen LogP contribution in [0.1, 0.15) is 5.56 Å². The highest BCUT2D eigenvalue weighted by atomic mass is 32.2. The maximum absolute atomic E-state index is 11.0. The van der Waals surface area contributed by atoms with Crippen molar-refractivity contribution in [2.75, 3.05) is 11.6 Å². The van der Waals surface area contributed by atoms with E-state index in [0.29, 0.717) is 16.4 Å². The maximum Gasteiger partial charge on any atom is 0.329 e. The fraction of sp³-hybridized carbons (Fsp3) is 0.154. The van der Waals surface area contributed by atoms with Gasteiger partial charge in [-0.15, -0.1) is 0 Å². The van der Waals surface area contributed by atoms with Gasteiger partial charge < -0.3 is 10.4 Å². The first kappa shape index (κ1) is 15.7. The predicted molar refractivity (Wildman–Crippen MR) is 81.5 cm³/mol. The van der Waals surface area contributed by atoms with Crippen LogP contribution in [0.25, 0.3) is 0 Å². The van der Waals surface area contributed by atoms with Crippen LogP contribution < -0.4 is 5.32 Å². The fourth-order valence-corrected chi connectivity index (χ4v) is 2.09. The van der Waals surface area contributed by atoms with E-state index in [1.54, 1.807) is 30.5 Å². The first-order valence-electron chi connectivity index (χ1n) is 6.13. The fourth-order valence-electron chi connectivity index (χ4n) is 1.75. The molecule has 1 aromatic carbocycles. The lowest BCUT2D eigenvalue weighted by Crippen LogP contribution is -2.03. The van der Waals surface area contributed by atoms with Crippen LogP contribution in [-0.4, -0.2) is 32.2 Å². The second-order valence-electron chi connectivity index (χ2n) is 4.24. The second kappa shape index (κ2) is 6.85. The largest absolute Gasteiger partial charge is 0.481 e. The molecule has 0 saturated heterocycles. The van der Waals surface area contributed by atoms with Gasteiger partial charge in [0.15, 0.2) is 5.16 Å². The molecular formula is C13H12N4O4S. The van der Waals surface area contributed by atoms with Gasteiger partial charge in [-0.1, -0.05) is 23.9 Å². The molecule has 0 saturated carbocycles. The van der Waals surface area contributed by atoms with E-state index in [9.17, 15) is 14.9 Å². The molecule has 0 aliphatic heterocycles. The molecule has 0 unspecified atom stereocenters. The number of thioether (sulfide) groups is 1.